The maximum Gasteiger partial charge on any atom is -0.00669 e. The van der Waals surface area contributed by atoms with Gasteiger partial charge in [-0.15, -0.1) is 0 Å². The van der Waals surface area contributed by atoms with Gasteiger partial charge in [-0.1, -0.05) is 26.2 Å². The molecule has 11 heavy (non-hydrogen) atoms. The molecule has 1 aliphatic rings. The van der Waals surface area contributed by atoms with Crippen molar-refractivity contribution in [3.05, 3.63) is 0 Å². The number of thiol groups is 1. The molecule has 0 bridgehead atoms. The minimum absolute atomic E-state index is 0.949. The Hall–Kier alpha value is 0.350. The summed E-state index contributed by atoms with van der Waals surface area (Å²) in [6.45, 7) is 2.27. The Labute approximate surface area is 76.2 Å². The first kappa shape index (κ1) is 9.44. The quantitative estimate of drug-likeness (QED) is 0.460. The molecule has 0 N–H and O–H groups in total. The first-order valence-electron chi connectivity index (χ1n) is 4.99. The minimum atomic E-state index is 0.949. The van der Waals surface area contributed by atoms with Gasteiger partial charge in [-0.25, -0.2) is 0 Å². The number of rotatable bonds is 6. The van der Waals surface area contributed by atoms with Crippen LogP contribution in [0.15, 0.2) is 0 Å². The molecule has 0 aromatic carbocycles. The fourth-order valence-electron chi connectivity index (χ4n) is 1.70. The molecule has 0 aromatic rings. The van der Waals surface area contributed by atoms with Crippen molar-refractivity contribution in [2.24, 2.45) is 11.8 Å². The highest BCUT2D eigenvalue weighted by molar-refractivity contribution is 7.80. The molecule has 1 heteroatoms. The van der Waals surface area contributed by atoms with Crippen molar-refractivity contribution in [1.82, 2.24) is 0 Å². The van der Waals surface area contributed by atoms with E-state index in [1.165, 1.54) is 38.5 Å². The highest BCUT2D eigenvalue weighted by atomic mass is 32.1. The summed E-state index contributed by atoms with van der Waals surface area (Å²) in [5.74, 6) is 3.13. The second-order valence-electron chi connectivity index (χ2n) is 3.78. The summed E-state index contributed by atoms with van der Waals surface area (Å²) in [4.78, 5) is 0. The predicted molar refractivity (Wildman–Crippen MR) is 54.2 cm³/mol. The summed E-state index contributed by atoms with van der Waals surface area (Å²) >= 11 is 4.40. The van der Waals surface area contributed by atoms with Gasteiger partial charge in [0.15, 0.2) is 0 Å². The van der Waals surface area contributed by atoms with Gasteiger partial charge in [0.05, 0.1) is 0 Å². The normalized spacial score (nSPS) is 20.2. The van der Waals surface area contributed by atoms with Crippen LogP contribution in [-0.2, 0) is 0 Å². The highest BCUT2D eigenvalue weighted by Gasteiger charge is 2.29. The van der Waals surface area contributed by atoms with Gasteiger partial charge in [0, 0.05) is 0 Å². The Kier molecular flexibility index (Phi) is 4.36. The van der Waals surface area contributed by atoms with Gasteiger partial charge >= 0.3 is 0 Å². The van der Waals surface area contributed by atoms with Crippen LogP contribution >= 0.6 is 12.6 Å². The molecule has 1 saturated carbocycles. The molecule has 0 amide bonds. The van der Waals surface area contributed by atoms with E-state index in [1.807, 2.05) is 0 Å². The Bertz CT molecular complexity index is 97.0. The fourth-order valence-corrected chi connectivity index (χ4v) is 2.18. The van der Waals surface area contributed by atoms with Crippen LogP contribution < -0.4 is 0 Å². The molecule has 0 heterocycles. The lowest BCUT2D eigenvalue weighted by atomic mass is 9.98. The van der Waals surface area contributed by atoms with Crippen LogP contribution in [0.4, 0.5) is 0 Å². The maximum atomic E-state index is 4.40. The van der Waals surface area contributed by atoms with E-state index in [2.05, 4.69) is 19.6 Å². The summed E-state index contributed by atoms with van der Waals surface area (Å²) in [6.07, 6.45) is 8.59. The smallest absolute Gasteiger partial charge is 0.00669 e. The van der Waals surface area contributed by atoms with E-state index < -0.39 is 0 Å². The van der Waals surface area contributed by atoms with Crippen LogP contribution in [0.2, 0.25) is 0 Å². The van der Waals surface area contributed by atoms with E-state index in [1.54, 1.807) is 0 Å². The lowest BCUT2D eigenvalue weighted by molar-refractivity contribution is 0.452. The zero-order chi connectivity index (χ0) is 8.10. The lowest BCUT2D eigenvalue weighted by Gasteiger charge is -2.11. The zero-order valence-electron chi connectivity index (χ0n) is 7.55. The van der Waals surface area contributed by atoms with Gasteiger partial charge in [0.2, 0.25) is 0 Å². The molecule has 0 nitrogen and oxygen atoms in total. The molecule has 1 aliphatic carbocycles. The summed E-state index contributed by atoms with van der Waals surface area (Å²) in [7, 11) is 0. The van der Waals surface area contributed by atoms with E-state index in [4.69, 9.17) is 0 Å². The summed E-state index contributed by atoms with van der Waals surface area (Å²) in [6, 6.07) is 0. The fraction of sp³-hybridized carbons (Fsp3) is 1.00. The van der Waals surface area contributed by atoms with Crippen molar-refractivity contribution in [3.8, 4) is 0 Å². The van der Waals surface area contributed by atoms with Gasteiger partial charge < -0.3 is 0 Å². The zero-order valence-corrected chi connectivity index (χ0v) is 8.45. The molecule has 0 aliphatic heterocycles. The van der Waals surface area contributed by atoms with Crippen LogP contribution in [0.25, 0.3) is 0 Å². The number of hydrogen-bond donors (Lipinski definition) is 1. The minimum Gasteiger partial charge on any atom is -0.179 e. The van der Waals surface area contributed by atoms with E-state index in [0.29, 0.717) is 0 Å². The van der Waals surface area contributed by atoms with Crippen molar-refractivity contribution in [3.63, 3.8) is 0 Å². The van der Waals surface area contributed by atoms with Gasteiger partial charge in [-0.3, -0.25) is 0 Å². The number of unbranched alkanes of at least 4 members (excludes halogenated alkanes) is 2. The molecule has 1 atom stereocenters. The second-order valence-corrected chi connectivity index (χ2v) is 4.14. The molecule has 0 radical (unpaired) electrons. The van der Waals surface area contributed by atoms with E-state index in [0.717, 1.165) is 17.6 Å². The second kappa shape index (κ2) is 5.08. The first-order valence-corrected chi connectivity index (χ1v) is 5.62. The molecular formula is C10H20S. The Morgan fingerprint density at radius 1 is 1.36 bits per heavy atom. The third-order valence-corrected chi connectivity index (χ3v) is 3.17. The van der Waals surface area contributed by atoms with Crippen molar-refractivity contribution in [2.45, 2.75) is 45.4 Å². The van der Waals surface area contributed by atoms with E-state index >= 15 is 0 Å². The molecule has 0 aromatic heterocycles. The highest BCUT2D eigenvalue weighted by Crippen LogP contribution is 2.39. The van der Waals surface area contributed by atoms with Crippen molar-refractivity contribution in [1.29, 1.82) is 0 Å². The van der Waals surface area contributed by atoms with E-state index in [9.17, 15) is 0 Å². The van der Waals surface area contributed by atoms with Crippen molar-refractivity contribution in [2.75, 3.05) is 5.75 Å². The average molecular weight is 172 g/mol. The van der Waals surface area contributed by atoms with Crippen molar-refractivity contribution >= 4 is 12.6 Å². The molecule has 66 valence electrons. The number of hydrogen-bond acceptors (Lipinski definition) is 1. The molecule has 1 rings (SSSR count). The largest absolute Gasteiger partial charge is 0.179 e. The third kappa shape index (κ3) is 3.50. The summed E-state index contributed by atoms with van der Waals surface area (Å²) in [5.41, 5.74) is 0. The molecule has 1 unspecified atom stereocenters. The molecule has 0 spiro atoms. The van der Waals surface area contributed by atoms with Crippen LogP contribution in [0.1, 0.15) is 45.4 Å². The third-order valence-electron chi connectivity index (χ3n) is 2.70. The predicted octanol–water partition coefficient (Wildman–Crippen LogP) is 3.52. The van der Waals surface area contributed by atoms with Gasteiger partial charge in [0.1, 0.15) is 0 Å². The topological polar surface area (TPSA) is 0 Å². The molecular weight excluding hydrogens is 152 g/mol. The van der Waals surface area contributed by atoms with Crippen LogP contribution in [0.5, 0.6) is 0 Å². The van der Waals surface area contributed by atoms with Crippen LogP contribution in [0.3, 0.4) is 0 Å². The maximum absolute atomic E-state index is 4.40. The van der Waals surface area contributed by atoms with Crippen LogP contribution in [-0.4, -0.2) is 5.75 Å². The SMILES string of the molecule is CCCCCC(CS)C1CC1. The van der Waals surface area contributed by atoms with Gasteiger partial charge in [-0.05, 0) is 36.9 Å². The Balaban J connectivity index is 2.01. The lowest BCUT2D eigenvalue weighted by Crippen LogP contribution is -2.04. The van der Waals surface area contributed by atoms with Gasteiger partial charge in [-0.2, -0.15) is 12.6 Å². The molecule has 1 fully saturated rings. The standard InChI is InChI=1S/C10H20S/c1-2-3-4-5-10(8-11)9-6-7-9/h9-11H,2-8H2,1H3. The molecule has 0 saturated heterocycles. The van der Waals surface area contributed by atoms with Crippen molar-refractivity contribution < 1.29 is 0 Å². The van der Waals surface area contributed by atoms with Crippen LogP contribution in [0, 0.1) is 11.8 Å². The first-order chi connectivity index (χ1) is 5.38. The Morgan fingerprint density at radius 3 is 2.55 bits per heavy atom. The summed E-state index contributed by atoms with van der Waals surface area (Å²) < 4.78 is 0. The summed E-state index contributed by atoms with van der Waals surface area (Å²) in [5, 5.41) is 0. The van der Waals surface area contributed by atoms with E-state index in [-0.39, 0.29) is 0 Å². The Morgan fingerprint density at radius 2 is 2.09 bits per heavy atom. The average Bonchev–Trinajstić information content (AvgIpc) is 2.81. The monoisotopic (exact) mass is 172 g/mol. The van der Waals surface area contributed by atoms with Gasteiger partial charge in [0.25, 0.3) is 0 Å².